The van der Waals surface area contributed by atoms with Crippen LogP contribution in [0.15, 0.2) is 48.8 Å². The van der Waals surface area contributed by atoms with Crippen LogP contribution in [0.5, 0.6) is 0 Å². The van der Waals surface area contributed by atoms with Gasteiger partial charge >= 0.3 is 104 Å². The summed E-state index contributed by atoms with van der Waals surface area (Å²) in [5.74, 6) is 0. The van der Waals surface area contributed by atoms with Crippen molar-refractivity contribution >= 4 is 36.6 Å². The predicted octanol–water partition coefficient (Wildman–Crippen LogP) is 2.81. The Morgan fingerprint density at radius 3 is 2.75 bits per heavy atom. The van der Waals surface area contributed by atoms with Crippen LogP contribution in [0.3, 0.4) is 0 Å². The molecule has 2 aromatic heterocycles. The number of pyridine rings is 1. The molecule has 2 heterocycles. The second-order valence-electron chi connectivity index (χ2n) is 3.40. The van der Waals surface area contributed by atoms with Crippen molar-refractivity contribution in [1.29, 1.82) is 0 Å². The first-order chi connectivity index (χ1) is 7.86. The van der Waals surface area contributed by atoms with E-state index < -0.39 is 0 Å². The van der Waals surface area contributed by atoms with Gasteiger partial charge in [0.15, 0.2) is 0 Å². The Morgan fingerprint density at radius 1 is 1.12 bits per heavy atom. The molecule has 0 bridgehead atoms. The minimum absolute atomic E-state index is 0.247. The molecule has 0 fully saturated rings. The quantitative estimate of drug-likeness (QED) is 0.507. The second kappa shape index (κ2) is 3.98. The van der Waals surface area contributed by atoms with Crippen molar-refractivity contribution in [3.8, 4) is 5.69 Å². The maximum absolute atomic E-state index is 5.49. The van der Waals surface area contributed by atoms with Crippen molar-refractivity contribution < 1.29 is 0 Å². The van der Waals surface area contributed by atoms with Gasteiger partial charge in [-0.2, -0.15) is 0 Å². The molecule has 0 unspecified atom stereocenters. The van der Waals surface area contributed by atoms with Gasteiger partial charge in [0.05, 0.1) is 0 Å². The first-order valence-electron chi connectivity index (χ1n) is 4.88. The summed E-state index contributed by atoms with van der Waals surface area (Å²) in [5, 5.41) is 1.20. The Kier molecular flexibility index (Phi) is 2.48. The van der Waals surface area contributed by atoms with Gasteiger partial charge in [0, 0.05) is 0 Å². The summed E-state index contributed by atoms with van der Waals surface area (Å²) < 4.78 is 4.45. The Bertz CT molecular complexity index is 685. The molecule has 0 aliphatic heterocycles. The van der Waals surface area contributed by atoms with E-state index in [0.717, 1.165) is 10.3 Å². The molecule has 0 saturated heterocycles. The first kappa shape index (κ1) is 9.97. The molecule has 0 aliphatic carbocycles. The van der Waals surface area contributed by atoms with E-state index in [0.29, 0.717) is 0 Å². The molecule has 0 amide bonds. The third-order valence-electron chi connectivity index (χ3n) is 2.37. The van der Waals surface area contributed by atoms with E-state index in [4.69, 9.17) is 12.2 Å². The number of rotatable bonds is 1. The van der Waals surface area contributed by atoms with Crippen LogP contribution in [0.1, 0.15) is 0 Å². The minimum atomic E-state index is 0.247. The van der Waals surface area contributed by atoms with Crippen molar-refractivity contribution in [1.82, 2.24) is 8.55 Å². The molecule has 0 saturated carbocycles. The van der Waals surface area contributed by atoms with Gasteiger partial charge in [-0.3, -0.25) is 0 Å². The zero-order valence-electron chi connectivity index (χ0n) is 8.33. The van der Waals surface area contributed by atoms with E-state index in [-0.39, 0.29) is 14.7 Å². The summed E-state index contributed by atoms with van der Waals surface area (Å²) >= 11 is 5.74. The Balaban J connectivity index is 2.34. The van der Waals surface area contributed by atoms with Crippen LogP contribution in [0.4, 0.5) is 0 Å². The zero-order chi connectivity index (χ0) is 11.0. The molecule has 0 aliphatic rings. The molecule has 0 N–H and O–H groups in total. The average Bonchev–Trinajstić information content (AvgIpc) is 2.69. The van der Waals surface area contributed by atoms with Gasteiger partial charge in [0.2, 0.25) is 0 Å². The molecule has 0 radical (unpaired) electrons. The van der Waals surface area contributed by atoms with Crippen LogP contribution in [0.2, 0.25) is 0 Å². The summed E-state index contributed by atoms with van der Waals surface area (Å²) in [4.78, 5) is 4.14. The van der Waals surface area contributed by atoms with Gasteiger partial charge in [-0.25, -0.2) is 0 Å². The first-order valence-corrected chi connectivity index (χ1v) is 6.91. The van der Waals surface area contributed by atoms with E-state index in [1.807, 2.05) is 24.4 Å². The third kappa shape index (κ3) is 1.55. The number of hydrogen-bond donors (Lipinski definition) is 0. The summed E-state index contributed by atoms with van der Waals surface area (Å²) in [6.07, 6.45) is 3.64. The fraction of sp³-hybridized carbons (Fsp3) is 0. The van der Waals surface area contributed by atoms with Crippen LogP contribution in [-0.4, -0.2) is 23.3 Å². The van der Waals surface area contributed by atoms with Crippen LogP contribution < -0.4 is 0 Å². The molecule has 0 atom stereocenters. The fourth-order valence-corrected chi connectivity index (χ4v) is 4.32. The van der Waals surface area contributed by atoms with Crippen LogP contribution >= 0.6 is 12.2 Å². The molecule has 3 rings (SSSR count). The Hall–Kier alpha value is -1.22. The van der Waals surface area contributed by atoms with Crippen molar-refractivity contribution in [2.45, 2.75) is 0 Å². The molecule has 3 aromatic rings. The van der Waals surface area contributed by atoms with Gasteiger partial charge in [-0.05, 0) is 0 Å². The number of fused-ring (bicyclic) bond motifs is 1. The van der Waals surface area contributed by atoms with Gasteiger partial charge in [-0.15, -0.1) is 0 Å². The van der Waals surface area contributed by atoms with Crippen molar-refractivity contribution in [2.24, 2.45) is 0 Å². The second-order valence-corrected chi connectivity index (χ2v) is 5.86. The van der Waals surface area contributed by atoms with E-state index in [2.05, 4.69) is 26.7 Å². The number of hydrogen-bond acceptors (Lipinski definition) is 2. The summed E-state index contributed by atoms with van der Waals surface area (Å²) in [6, 6.07) is 12.3. The topological polar surface area (TPSA) is 17.8 Å². The van der Waals surface area contributed by atoms with Gasteiger partial charge in [0.25, 0.3) is 0 Å². The van der Waals surface area contributed by atoms with Crippen LogP contribution in [0, 0.1) is 4.64 Å². The molecular weight excluding hydrogens is 283 g/mol. The number of nitrogens with zero attached hydrogens (tertiary/aromatic N) is 2. The van der Waals surface area contributed by atoms with Crippen molar-refractivity contribution in [3.63, 3.8) is 0 Å². The van der Waals surface area contributed by atoms with E-state index in [9.17, 15) is 0 Å². The molecule has 1 aromatic carbocycles. The molecule has 78 valence electrons. The molecular formula is C12H8N2SSe. The van der Waals surface area contributed by atoms with E-state index in [1.165, 1.54) is 9.65 Å². The normalized spacial score (nSPS) is 10.8. The fourth-order valence-electron chi connectivity index (χ4n) is 1.62. The van der Waals surface area contributed by atoms with E-state index in [1.54, 1.807) is 6.20 Å². The van der Waals surface area contributed by atoms with Crippen molar-refractivity contribution in [2.75, 3.05) is 0 Å². The average molecular weight is 291 g/mol. The van der Waals surface area contributed by atoms with Gasteiger partial charge < -0.3 is 0 Å². The standard InChI is InChI=1S/C12H8N2SSe/c15-12-10-5-1-2-6-11(10)16-14(12)9-4-3-7-13-8-9/h1-8H. The predicted molar refractivity (Wildman–Crippen MR) is 68.8 cm³/mol. The van der Waals surface area contributed by atoms with Crippen LogP contribution in [0.25, 0.3) is 15.3 Å². The molecule has 0 spiro atoms. The molecule has 16 heavy (non-hydrogen) atoms. The zero-order valence-corrected chi connectivity index (χ0v) is 10.9. The Labute approximate surface area is 104 Å². The third-order valence-corrected chi connectivity index (χ3v) is 5.40. The summed E-state index contributed by atoms with van der Waals surface area (Å²) in [6.45, 7) is 0. The molecule has 4 heteroatoms. The summed E-state index contributed by atoms with van der Waals surface area (Å²) in [7, 11) is 0. The van der Waals surface area contributed by atoms with Gasteiger partial charge in [-0.1, -0.05) is 0 Å². The maximum atomic E-state index is 5.49. The number of benzene rings is 1. The SMILES string of the molecule is S=c1c2ccccc2[se]n1-c1cccnc1. The Morgan fingerprint density at radius 2 is 2.00 bits per heavy atom. The van der Waals surface area contributed by atoms with Crippen molar-refractivity contribution in [3.05, 3.63) is 53.4 Å². The molecule has 2 nitrogen and oxygen atoms in total. The monoisotopic (exact) mass is 292 g/mol. The van der Waals surface area contributed by atoms with E-state index >= 15 is 0 Å². The van der Waals surface area contributed by atoms with Crippen LogP contribution in [-0.2, 0) is 0 Å². The summed E-state index contributed by atoms with van der Waals surface area (Å²) in [5.41, 5.74) is 1.09. The van der Waals surface area contributed by atoms with Gasteiger partial charge in [0.1, 0.15) is 0 Å². The number of aromatic nitrogens is 2.